The number of nitrogens with zero attached hydrogens (tertiary/aromatic N) is 1. The van der Waals surface area contributed by atoms with Gasteiger partial charge in [-0.05, 0) is 18.8 Å². The highest BCUT2D eigenvalue weighted by molar-refractivity contribution is 5.96. The smallest absolute Gasteiger partial charge is 0.326 e. The molecule has 0 rings (SSSR count). The highest BCUT2D eigenvalue weighted by Crippen LogP contribution is 2.05. The molecule has 0 aromatic rings. The van der Waals surface area contributed by atoms with Crippen LogP contribution in [0, 0.1) is 5.92 Å². The zero-order valence-corrected chi connectivity index (χ0v) is 19.5. The molecule has 0 heterocycles. The van der Waals surface area contributed by atoms with E-state index in [-0.39, 0.29) is 31.3 Å². The lowest BCUT2D eigenvalue weighted by molar-refractivity contribution is -0.147. The van der Waals surface area contributed by atoms with Crippen molar-refractivity contribution in [2.24, 2.45) is 33.8 Å². The van der Waals surface area contributed by atoms with E-state index < -0.39 is 72.6 Å². The Morgan fingerprint density at radius 2 is 1.31 bits per heavy atom. The lowest BCUT2D eigenvalue weighted by Crippen LogP contribution is -2.58. The van der Waals surface area contributed by atoms with Crippen molar-refractivity contribution in [3.63, 3.8) is 0 Å². The quantitative estimate of drug-likeness (QED) is 0.0555. The second-order valence-electron chi connectivity index (χ2n) is 8.01. The maximum Gasteiger partial charge on any atom is 0.326 e. The van der Waals surface area contributed by atoms with Gasteiger partial charge in [0.05, 0.1) is 18.9 Å². The Kier molecular flexibility index (Phi) is 13.4. The van der Waals surface area contributed by atoms with Gasteiger partial charge in [-0.2, -0.15) is 0 Å². The highest BCUT2D eigenvalue weighted by Gasteiger charge is 2.32. The molecule has 4 amide bonds. The van der Waals surface area contributed by atoms with Crippen molar-refractivity contribution in [2.75, 3.05) is 6.54 Å². The van der Waals surface area contributed by atoms with Gasteiger partial charge in [-0.3, -0.25) is 29.0 Å². The van der Waals surface area contributed by atoms with Gasteiger partial charge >= 0.3 is 11.9 Å². The topological polar surface area (TPSA) is 295 Å². The molecule has 0 radical (unpaired) electrons. The summed E-state index contributed by atoms with van der Waals surface area (Å²) in [5.41, 5.74) is 21.4. The zero-order valence-electron chi connectivity index (χ0n) is 19.5. The van der Waals surface area contributed by atoms with E-state index >= 15 is 0 Å². The van der Waals surface area contributed by atoms with Gasteiger partial charge in [-0.25, -0.2) is 4.79 Å². The number of hydrogen-bond donors (Lipinski definition) is 9. The minimum atomic E-state index is -1.78. The number of nitrogens with two attached hydrogens (primary N) is 4. The number of carboxylic acid groups (broad SMARTS) is 2. The van der Waals surface area contributed by atoms with Crippen molar-refractivity contribution in [3.8, 4) is 0 Å². The number of aliphatic imine (C=N–C) groups is 1. The third-order valence-electron chi connectivity index (χ3n) is 4.63. The van der Waals surface area contributed by atoms with Crippen LogP contribution >= 0.6 is 0 Å². The number of amides is 4. The number of hydrogen-bond acceptors (Lipinski definition) is 8. The van der Waals surface area contributed by atoms with Crippen LogP contribution in [0.3, 0.4) is 0 Å². The Morgan fingerprint density at radius 3 is 1.77 bits per heavy atom. The maximum atomic E-state index is 12.8. The summed E-state index contributed by atoms with van der Waals surface area (Å²) in [6, 6.07) is -5.64. The summed E-state index contributed by atoms with van der Waals surface area (Å²) in [6.07, 6.45) is -1.47. The molecule has 0 aromatic carbocycles. The van der Waals surface area contributed by atoms with Crippen molar-refractivity contribution < 1.29 is 39.0 Å². The van der Waals surface area contributed by atoms with Crippen LogP contribution in [0.4, 0.5) is 0 Å². The predicted molar refractivity (Wildman–Crippen MR) is 122 cm³/mol. The van der Waals surface area contributed by atoms with Crippen molar-refractivity contribution in [1.29, 1.82) is 0 Å². The van der Waals surface area contributed by atoms with E-state index in [4.69, 9.17) is 28.0 Å². The van der Waals surface area contributed by atoms with E-state index in [9.17, 15) is 33.9 Å². The highest BCUT2D eigenvalue weighted by atomic mass is 16.4. The summed E-state index contributed by atoms with van der Waals surface area (Å²) in [4.78, 5) is 75.2. The molecule has 4 unspecified atom stereocenters. The number of rotatable bonds is 16. The standard InChI is InChI=1S/C19H34N8O8/c1-8(2)14(21)17(33)26-10(6-12(20)28)16(32)25-9(4-3-5-24-19(22)23)15(31)27-11(18(34)35)7-13(29)30/h8-11,14H,3-7,21H2,1-2H3,(H2,20,28)(H,25,32)(H,26,33)(H,27,31)(H,29,30)(H,34,35)(H4,22,23,24). The first-order valence-corrected chi connectivity index (χ1v) is 10.6. The van der Waals surface area contributed by atoms with Crippen LogP contribution in [0.2, 0.25) is 0 Å². The van der Waals surface area contributed by atoms with Crippen LogP contribution in [0.15, 0.2) is 4.99 Å². The Balaban J connectivity index is 5.68. The lowest BCUT2D eigenvalue weighted by Gasteiger charge is -2.25. The Hall–Kier alpha value is -3.95. The molecular formula is C19H34N8O8. The van der Waals surface area contributed by atoms with Crippen molar-refractivity contribution in [3.05, 3.63) is 0 Å². The van der Waals surface area contributed by atoms with Crippen molar-refractivity contribution >= 4 is 41.5 Å². The van der Waals surface area contributed by atoms with Gasteiger partial charge in [-0.1, -0.05) is 13.8 Å². The molecule has 16 heteroatoms. The lowest BCUT2D eigenvalue weighted by atomic mass is 10.0. The summed E-state index contributed by atoms with van der Waals surface area (Å²) >= 11 is 0. The summed E-state index contributed by atoms with van der Waals surface area (Å²) in [7, 11) is 0. The van der Waals surface area contributed by atoms with E-state index in [2.05, 4.69) is 15.6 Å². The fourth-order valence-electron chi connectivity index (χ4n) is 2.67. The van der Waals surface area contributed by atoms with Crippen molar-refractivity contribution in [1.82, 2.24) is 16.0 Å². The fraction of sp³-hybridized carbons (Fsp3) is 0.632. The number of carbonyl (C=O) groups is 6. The summed E-state index contributed by atoms with van der Waals surface area (Å²) in [5, 5.41) is 24.7. The normalized spacial score (nSPS) is 14.1. The van der Waals surface area contributed by atoms with E-state index in [0.29, 0.717) is 0 Å². The molecule has 0 fully saturated rings. The molecule has 35 heavy (non-hydrogen) atoms. The Morgan fingerprint density at radius 1 is 0.800 bits per heavy atom. The largest absolute Gasteiger partial charge is 0.481 e. The Labute approximate surface area is 201 Å². The number of primary amides is 1. The molecule has 0 aromatic heterocycles. The van der Waals surface area contributed by atoms with Crippen LogP contribution in [-0.4, -0.2) is 82.5 Å². The summed E-state index contributed by atoms with van der Waals surface area (Å²) < 4.78 is 0. The molecule has 13 N–H and O–H groups in total. The van der Waals surface area contributed by atoms with Gasteiger partial charge < -0.3 is 49.1 Å². The van der Waals surface area contributed by atoms with Crippen LogP contribution in [0.5, 0.6) is 0 Å². The van der Waals surface area contributed by atoms with E-state index in [1.54, 1.807) is 13.8 Å². The number of guanidine groups is 1. The van der Waals surface area contributed by atoms with Gasteiger partial charge in [0.25, 0.3) is 0 Å². The second kappa shape index (κ2) is 15.0. The number of nitrogens with one attached hydrogen (secondary N) is 3. The maximum absolute atomic E-state index is 12.8. The number of aliphatic carboxylic acids is 2. The average Bonchev–Trinajstić information content (AvgIpc) is 2.72. The monoisotopic (exact) mass is 502 g/mol. The Bertz CT molecular complexity index is 828. The predicted octanol–water partition coefficient (Wildman–Crippen LogP) is -4.09. The number of carbonyl (C=O) groups excluding carboxylic acids is 4. The first-order chi connectivity index (χ1) is 16.1. The number of carboxylic acids is 2. The van der Waals surface area contributed by atoms with Gasteiger partial charge in [-0.15, -0.1) is 0 Å². The van der Waals surface area contributed by atoms with Gasteiger partial charge in [0, 0.05) is 6.54 Å². The van der Waals surface area contributed by atoms with E-state index in [1.165, 1.54) is 0 Å². The molecule has 0 spiro atoms. The fourth-order valence-corrected chi connectivity index (χ4v) is 2.67. The molecule has 0 saturated carbocycles. The van der Waals surface area contributed by atoms with Crippen molar-refractivity contribution in [2.45, 2.75) is 63.7 Å². The third kappa shape index (κ3) is 12.8. The second-order valence-corrected chi connectivity index (χ2v) is 8.01. The van der Waals surface area contributed by atoms with Gasteiger partial charge in [0.1, 0.15) is 18.1 Å². The van der Waals surface area contributed by atoms with Gasteiger partial charge in [0.2, 0.25) is 23.6 Å². The zero-order chi connectivity index (χ0) is 27.3. The molecule has 0 aliphatic heterocycles. The van der Waals surface area contributed by atoms with E-state index in [0.717, 1.165) is 0 Å². The van der Waals surface area contributed by atoms with Gasteiger partial charge in [0.15, 0.2) is 5.96 Å². The minimum absolute atomic E-state index is 0.0597. The molecular weight excluding hydrogens is 468 g/mol. The van der Waals surface area contributed by atoms with Crippen LogP contribution in [-0.2, 0) is 28.8 Å². The molecule has 0 aliphatic carbocycles. The first kappa shape index (κ1) is 31.0. The molecule has 198 valence electrons. The molecule has 0 aliphatic rings. The first-order valence-electron chi connectivity index (χ1n) is 10.6. The average molecular weight is 503 g/mol. The van der Waals surface area contributed by atoms with Crippen LogP contribution in [0.25, 0.3) is 0 Å². The van der Waals surface area contributed by atoms with E-state index in [1.807, 2.05) is 5.32 Å². The molecule has 16 nitrogen and oxygen atoms in total. The minimum Gasteiger partial charge on any atom is -0.481 e. The molecule has 0 saturated heterocycles. The molecule has 0 bridgehead atoms. The molecule has 4 atom stereocenters. The summed E-state index contributed by atoms with van der Waals surface area (Å²) in [6.45, 7) is 3.39. The SMILES string of the molecule is CC(C)C(N)C(=O)NC(CC(N)=O)C(=O)NC(CCCN=C(N)N)C(=O)NC(CC(=O)O)C(=O)O. The van der Waals surface area contributed by atoms with Crippen LogP contribution < -0.4 is 38.9 Å². The van der Waals surface area contributed by atoms with Crippen LogP contribution in [0.1, 0.15) is 39.5 Å². The summed E-state index contributed by atoms with van der Waals surface area (Å²) in [5.74, 6) is -7.23. The third-order valence-corrected chi connectivity index (χ3v) is 4.63.